The molecular weight excluding hydrogens is 280 g/mol. The Labute approximate surface area is 110 Å². The molecule has 1 aromatic heterocycles. The molecular formula is C13H17BrN2O. The van der Waals surface area contributed by atoms with Gasteiger partial charge in [0.25, 0.3) is 0 Å². The number of fused-ring (bicyclic) bond motifs is 1. The molecule has 1 aromatic rings. The van der Waals surface area contributed by atoms with E-state index in [1.807, 2.05) is 6.20 Å². The summed E-state index contributed by atoms with van der Waals surface area (Å²) in [6.07, 6.45) is 6.05. The topological polar surface area (TPSA) is 25.4 Å². The maximum absolute atomic E-state index is 5.83. The third kappa shape index (κ3) is 2.08. The summed E-state index contributed by atoms with van der Waals surface area (Å²) in [7, 11) is 0. The van der Waals surface area contributed by atoms with Crippen LogP contribution >= 0.6 is 15.9 Å². The van der Waals surface area contributed by atoms with Crippen LogP contribution in [0.5, 0.6) is 0 Å². The van der Waals surface area contributed by atoms with Gasteiger partial charge in [-0.3, -0.25) is 0 Å². The predicted octanol–water partition coefficient (Wildman–Crippen LogP) is 2.91. The third-order valence-electron chi connectivity index (χ3n) is 3.81. The Bertz CT molecular complexity index is 424. The van der Waals surface area contributed by atoms with Gasteiger partial charge in [0.15, 0.2) is 0 Å². The van der Waals surface area contributed by atoms with Crippen molar-refractivity contribution in [1.29, 1.82) is 0 Å². The molecule has 0 amide bonds. The number of aryl methyl sites for hydroxylation is 1. The molecule has 2 unspecified atom stereocenters. The van der Waals surface area contributed by atoms with E-state index in [1.54, 1.807) is 0 Å². The molecule has 2 atom stereocenters. The SMILES string of the molecule is Cc1cc(N2CCOC3CCCC32)ncc1Br. The quantitative estimate of drug-likeness (QED) is 0.797. The summed E-state index contributed by atoms with van der Waals surface area (Å²) in [6.45, 7) is 3.91. The highest BCUT2D eigenvalue weighted by atomic mass is 79.9. The molecule has 0 bridgehead atoms. The van der Waals surface area contributed by atoms with Gasteiger partial charge in [0.05, 0.1) is 18.8 Å². The lowest BCUT2D eigenvalue weighted by molar-refractivity contribution is 0.0253. The van der Waals surface area contributed by atoms with Gasteiger partial charge in [0.1, 0.15) is 5.82 Å². The van der Waals surface area contributed by atoms with Crippen LogP contribution < -0.4 is 4.90 Å². The van der Waals surface area contributed by atoms with E-state index in [9.17, 15) is 0 Å². The Morgan fingerprint density at radius 1 is 1.47 bits per heavy atom. The molecule has 4 heteroatoms. The predicted molar refractivity (Wildman–Crippen MR) is 71.4 cm³/mol. The largest absolute Gasteiger partial charge is 0.374 e. The number of hydrogen-bond acceptors (Lipinski definition) is 3. The number of hydrogen-bond donors (Lipinski definition) is 0. The summed E-state index contributed by atoms with van der Waals surface area (Å²) in [5.74, 6) is 1.10. The van der Waals surface area contributed by atoms with E-state index >= 15 is 0 Å². The first-order chi connectivity index (χ1) is 8.25. The number of aromatic nitrogens is 1. The van der Waals surface area contributed by atoms with Gasteiger partial charge in [-0.2, -0.15) is 0 Å². The van der Waals surface area contributed by atoms with Crippen molar-refractivity contribution in [3.63, 3.8) is 0 Å². The number of pyridine rings is 1. The van der Waals surface area contributed by atoms with Gasteiger partial charge >= 0.3 is 0 Å². The van der Waals surface area contributed by atoms with Crippen molar-refractivity contribution in [2.24, 2.45) is 0 Å². The van der Waals surface area contributed by atoms with Crippen molar-refractivity contribution >= 4 is 21.7 Å². The second-order valence-electron chi connectivity index (χ2n) is 4.89. The Morgan fingerprint density at radius 2 is 2.35 bits per heavy atom. The molecule has 1 saturated carbocycles. The summed E-state index contributed by atoms with van der Waals surface area (Å²) >= 11 is 3.50. The summed E-state index contributed by atoms with van der Waals surface area (Å²) in [4.78, 5) is 6.98. The maximum Gasteiger partial charge on any atom is 0.129 e. The fraction of sp³-hybridized carbons (Fsp3) is 0.615. The molecule has 3 rings (SSSR count). The average Bonchev–Trinajstić information content (AvgIpc) is 2.80. The molecule has 1 saturated heterocycles. The summed E-state index contributed by atoms with van der Waals surface area (Å²) in [5.41, 5.74) is 1.25. The minimum Gasteiger partial charge on any atom is -0.374 e. The molecule has 3 nitrogen and oxygen atoms in total. The van der Waals surface area contributed by atoms with Crippen LogP contribution in [0.1, 0.15) is 24.8 Å². The van der Waals surface area contributed by atoms with Crippen molar-refractivity contribution in [2.45, 2.75) is 38.3 Å². The van der Waals surface area contributed by atoms with E-state index in [0.29, 0.717) is 12.1 Å². The van der Waals surface area contributed by atoms with Crippen molar-refractivity contribution in [3.8, 4) is 0 Å². The molecule has 17 heavy (non-hydrogen) atoms. The molecule has 1 aliphatic heterocycles. The van der Waals surface area contributed by atoms with Gasteiger partial charge in [0.2, 0.25) is 0 Å². The van der Waals surface area contributed by atoms with Gasteiger partial charge in [-0.05, 0) is 53.7 Å². The monoisotopic (exact) mass is 296 g/mol. The summed E-state index contributed by atoms with van der Waals surface area (Å²) in [6, 6.07) is 2.71. The number of rotatable bonds is 1. The molecule has 0 N–H and O–H groups in total. The van der Waals surface area contributed by atoms with Crippen LogP contribution in [0.25, 0.3) is 0 Å². The lowest BCUT2D eigenvalue weighted by Crippen LogP contribution is -2.49. The zero-order valence-corrected chi connectivity index (χ0v) is 11.6. The van der Waals surface area contributed by atoms with Crippen LogP contribution in [0, 0.1) is 6.92 Å². The molecule has 0 aromatic carbocycles. The summed E-state index contributed by atoms with van der Waals surface area (Å²) in [5, 5.41) is 0. The van der Waals surface area contributed by atoms with Crippen LogP contribution in [0.15, 0.2) is 16.7 Å². The van der Waals surface area contributed by atoms with Gasteiger partial charge < -0.3 is 9.64 Å². The first kappa shape index (κ1) is 11.5. The standard InChI is InChI=1S/C13H17BrN2O/c1-9-7-13(15-8-10(9)14)16-5-6-17-12-4-2-3-11(12)16/h7-8,11-12H,2-6H2,1H3. The van der Waals surface area contributed by atoms with E-state index in [-0.39, 0.29) is 0 Å². The second kappa shape index (κ2) is 4.58. The average molecular weight is 297 g/mol. The van der Waals surface area contributed by atoms with E-state index in [4.69, 9.17) is 4.74 Å². The molecule has 1 aliphatic carbocycles. The number of nitrogens with zero attached hydrogens (tertiary/aromatic N) is 2. The normalized spacial score (nSPS) is 28.2. The van der Waals surface area contributed by atoms with Crippen LogP contribution in [0.3, 0.4) is 0 Å². The minimum absolute atomic E-state index is 0.425. The van der Waals surface area contributed by atoms with Gasteiger partial charge in [0, 0.05) is 17.2 Å². The van der Waals surface area contributed by atoms with E-state index in [1.165, 1.54) is 24.8 Å². The highest BCUT2D eigenvalue weighted by Gasteiger charge is 2.36. The summed E-state index contributed by atoms with van der Waals surface area (Å²) < 4.78 is 6.91. The van der Waals surface area contributed by atoms with Crippen LogP contribution in [-0.2, 0) is 4.74 Å². The Morgan fingerprint density at radius 3 is 3.18 bits per heavy atom. The maximum atomic E-state index is 5.83. The number of ether oxygens (including phenoxy) is 1. The Kier molecular flexibility index (Phi) is 3.09. The lowest BCUT2D eigenvalue weighted by atomic mass is 10.1. The zero-order chi connectivity index (χ0) is 11.8. The fourth-order valence-electron chi connectivity index (χ4n) is 2.89. The van der Waals surface area contributed by atoms with Crippen LogP contribution in [0.4, 0.5) is 5.82 Å². The lowest BCUT2D eigenvalue weighted by Gasteiger charge is -2.38. The van der Waals surface area contributed by atoms with Gasteiger partial charge in [-0.15, -0.1) is 0 Å². The molecule has 92 valence electrons. The molecule has 2 heterocycles. The van der Waals surface area contributed by atoms with E-state index in [0.717, 1.165) is 23.4 Å². The minimum atomic E-state index is 0.425. The van der Waals surface area contributed by atoms with Crippen LogP contribution in [0.2, 0.25) is 0 Å². The van der Waals surface area contributed by atoms with E-state index in [2.05, 4.69) is 38.8 Å². The number of anilines is 1. The zero-order valence-electron chi connectivity index (χ0n) is 10.0. The van der Waals surface area contributed by atoms with Crippen LogP contribution in [-0.4, -0.2) is 30.3 Å². The first-order valence-electron chi connectivity index (χ1n) is 6.26. The van der Waals surface area contributed by atoms with Crippen molar-refractivity contribution in [2.75, 3.05) is 18.1 Å². The highest BCUT2D eigenvalue weighted by molar-refractivity contribution is 9.10. The highest BCUT2D eigenvalue weighted by Crippen LogP contribution is 2.33. The van der Waals surface area contributed by atoms with Gasteiger partial charge in [-0.1, -0.05) is 0 Å². The first-order valence-corrected chi connectivity index (χ1v) is 7.05. The van der Waals surface area contributed by atoms with Crippen molar-refractivity contribution in [3.05, 3.63) is 22.3 Å². The molecule has 2 fully saturated rings. The number of morpholine rings is 1. The fourth-order valence-corrected chi connectivity index (χ4v) is 3.11. The Hall–Kier alpha value is -0.610. The van der Waals surface area contributed by atoms with E-state index < -0.39 is 0 Å². The van der Waals surface area contributed by atoms with Crippen molar-refractivity contribution in [1.82, 2.24) is 4.98 Å². The third-order valence-corrected chi connectivity index (χ3v) is 4.64. The Balaban J connectivity index is 1.89. The second-order valence-corrected chi connectivity index (χ2v) is 5.75. The van der Waals surface area contributed by atoms with Crippen molar-refractivity contribution < 1.29 is 4.74 Å². The van der Waals surface area contributed by atoms with Gasteiger partial charge in [-0.25, -0.2) is 4.98 Å². The smallest absolute Gasteiger partial charge is 0.129 e. The number of halogens is 1. The molecule has 0 radical (unpaired) electrons. The molecule has 2 aliphatic rings. The molecule has 0 spiro atoms.